The fourth-order valence-corrected chi connectivity index (χ4v) is 14.1. The second kappa shape index (κ2) is 64.0. The summed E-state index contributed by atoms with van der Waals surface area (Å²) in [6.45, 7) is 63.3. The highest BCUT2D eigenvalue weighted by Gasteiger charge is 2.26. The Morgan fingerprint density at radius 3 is 1.32 bits per heavy atom. The van der Waals surface area contributed by atoms with Gasteiger partial charge in [-0.3, -0.25) is 14.4 Å². The summed E-state index contributed by atoms with van der Waals surface area (Å²) in [6, 6.07) is 0. The molecule has 0 amide bonds. The number of ketones is 2. The predicted molar refractivity (Wildman–Crippen MR) is 411 cm³/mol. The molecule has 576 valence electrons. The lowest BCUT2D eigenvalue weighted by atomic mass is 9.90. The van der Waals surface area contributed by atoms with Crippen molar-refractivity contribution >= 4 is 17.5 Å². The van der Waals surface area contributed by atoms with Crippen LogP contribution in [0, 0.1) is 23.7 Å². The molecule has 16 heteroatoms. The molecule has 2 unspecified atom stereocenters. The number of likely N-dealkylation sites (tertiary alicyclic amines) is 6. The van der Waals surface area contributed by atoms with E-state index in [1.54, 1.807) is 0 Å². The number of piperidine rings is 6. The summed E-state index contributed by atoms with van der Waals surface area (Å²) in [5.74, 6) is 3.41. The van der Waals surface area contributed by atoms with Crippen LogP contribution in [0.25, 0.3) is 0 Å². The van der Waals surface area contributed by atoms with Gasteiger partial charge in [0.05, 0.1) is 24.9 Å². The summed E-state index contributed by atoms with van der Waals surface area (Å²) in [7, 11) is 0. The van der Waals surface area contributed by atoms with Gasteiger partial charge in [0.1, 0.15) is 11.6 Å². The first-order chi connectivity index (χ1) is 47.1. The van der Waals surface area contributed by atoms with Crippen molar-refractivity contribution in [3.05, 3.63) is 0 Å². The number of piperazine rings is 1. The van der Waals surface area contributed by atoms with Gasteiger partial charge in [-0.1, -0.05) is 110 Å². The number of nitrogens with zero attached hydrogens (tertiary/aromatic N) is 8. The zero-order valence-corrected chi connectivity index (χ0v) is 66.7. The maximum Gasteiger partial charge on any atom is 0.306 e. The summed E-state index contributed by atoms with van der Waals surface area (Å²) in [4.78, 5) is 54.8. The molecule has 7 fully saturated rings. The molecule has 2 atom stereocenters. The summed E-state index contributed by atoms with van der Waals surface area (Å²) >= 11 is 0. The number of aliphatic hydroxyl groups excluding tert-OH is 1. The lowest BCUT2D eigenvalue weighted by Gasteiger charge is -2.33. The molecule has 16 nitrogen and oxygen atoms in total. The first-order valence-corrected chi connectivity index (χ1v) is 41.6. The quantitative estimate of drug-likeness (QED) is 0.0470. The van der Waals surface area contributed by atoms with Crippen molar-refractivity contribution in [2.24, 2.45) is 23.7 Å². The van der Waals surface area contributed by atoms with Crippen LogP contribution >= 0.6 is 0 Å². The van der Waals surface area contributed by atoms with E-state index in [0.717, 1.165) is 207 Å². The Kier molecular flexibility index (Phi) is 61.6. The molecule has 0 spiro atoms. The Bertz CT molecular complexity index is 1740. The molecule has 0 aliphatic carbocycles. The van der Waals surface area contributed by atoms with Crippen molar-refractivity contribution in [3.8, 4) is 0 Å². The molecule has 0 aromatic carbocycles. The Hall–Kier alpha value is -1.67. The number of hydrogen-bond donors (Lipinski definition) is 1. The molecule has 7 aliphatic rings. The number of carbonyl (C=O) groups is 3. The van der Waals surface area contributed by atoms with E-state index >= 15 is 0 Å². The third-order valence-electron chi connectivity index (χ3n) is 21.0. The van der Waals surface area contributed by atoms with Gasteiger partial charge in [0, 0.05) is 110 Å². The Morgan fingerprint density at radius 1 is 0.392 bits per heavy atom. The van der Waals surface area contributed by atoms with Gasteiger partial charge in [0.25, 0.3) is 0 Å². The van der Waals surface area contributed by atoms with Crippen LogP contribution in [0.3, 0.4) is 0 Å². The number of likely N-dealkylation sites (N-methyl/N-ethyl adjacent to an activating group) is 2. The van der Waals surface area contributed by atoms with E-state index in [4.69, 9.17) is 18.9 Å². The van der Waals surface area contributed by atoms with Crippen molar-refractivity contribution in [1.82, 2.24) is 39.2 Å². The van der Waals surface area contributed by atoms with Crippen molar-refractivity contribution in [1.29, 1.82) is 0 Å². The van der Waals surface area contributed by atoms with E-state index < -0.39 is 0 Å². The van der Waals surface area contributed by atoms with E-state index in [1.165, 1.54) is 156 Å². The molecule has 7 rings (SSSR count). The molecule has 7 aliphatic heterocycles. The number of hydrogen-bond acceptors (Lipinski definition) is 16. The Morgan fingerprint density at radius 2 is 0.825 bits per heavy atom. The number of aliphatic hydroxyl groups is 1. The number of esters is 1. The van der Waals surface area contributed by atoms with E-state index in [2.05, 4.69) is 122 Å². The molecular formula is C81H164N8O8. The average molecular weight is 1380 g/mol. The highest BCUT2D eigenvalue weighted by Crippen LogP contribution is 2.25. The van der Waals surface area contributed by atoms with Gasteiger partial charge in [-0.25, -0.2) is 0 Å². The highest BCUT2D eigenvalue weighted by molar-refractivity contribution is 5.81. The van der Waals surface area contributed by atoms with Crippen LogP contribution in [0.5, 0.6) is 0 Å². The van der Waals surface area contributed by atoms with Gasteiger partial charge in [-0.15, -0.1) is 0 Å². The van der Waals surface area contributed by atoms with Gasteiger partial charge >= 0.3 is 5.97 Å². The minimum absolute atomic E-state index is 0.00390. The number of rotatable bonds is 36. The molecule has 1 N–H and O–H groups in total. The van der Waals surface area contributed by atoms with Crippen LogP contribution in [-0.4, -0.2) is 270 Å². The second-order valence-corrected chi connectivity index (χ2v) is 29.2. The average Bonchev–Trinajstić information content (AvgIpc) is 2.11. The van der Waals surface area contributed by atoms with Gasteiger partial charge in [0.2, 0.25) is 0 Å². The smallest absolute Gasteiger partial charge is 0.306 e. The molecule has 97 heavy (non-hydrogen) atoms. The largest absolute Gasteiger partial charge is 0.466 e. The summed E-state index contributed by atoms with van der Waals surface area (Å²) < 4.78 is 22.1. The van der Waals surface area contributed by atoms with Crippen molar-refractivity contribution in [3.63, 3.8) is 0 Å². The summed E-state index contributed by atoms with van der Waals surface area (Å²) in [5, 5.41) is 9.62. The van der Waals surface area contributed by atoms with Crippen LogP contribution < -0.4 is 0 Å². The number of ether oxygens (including phenoxy) is 4. The van der Waals surface area contributed by atoms with Crippen LogP contribution in [0.15, 0.2) is 0 Å². The van der Waals surface area contributed by atoms with Gasteiger partial charge in [-0.05, 0) is 264 Å². The third kappa shape index (κ3) is 48.8. The lowest BCUT2D eigenvalue weighted by Crippen LogP contribution is -2.46. The fraction of sp³-hybridized carbons (Fsp3) is 0.963. The SMILES string of the molecule is CCCCC(=O)C1CCN(CC)CC1.CCCCC(=O)CC1CCN(CC(O)CC)CC1.CCCN1CCN(CC)CC1.CCCOC(=O)CC1CCN(CCC)CC1.CCCOC1CCCN(CC)C1.CCCOC1CCN(CC)CC1.CCCOCCC1CCN(CC)CC1. The third-order valence-corrected chi connectivity index (χ3v) is 21.0. The normalized spacial score (nSPS) is 21.0. The number of Topliss-reactive ketones (excluding diaryl/α,β-unsaturated/α-hetero) is 2. The Balaban J connectivity index is 0.000000569. The van der Waals surface area contributed by atoms with Crippen LogP contribution in [0.2, 0.25) is 0 Å². The van der Waals surface area contributed by atoms with Gasteiger partial charge in [-0.2, -0.15) is 0 Å². The first kappa shape index (κ1) is 93.3. The van der Waals surface area contributed by atoms with E-state index in [0.29, 0.717) is 54.6 Å². The van der Waals surface area contributed by atoms with Crippen LogP contribution in [0.1, 0.15) is 277 Å². The molecule has 0 saturated carbocycles. The molecule has 7 heterocycles. The van der Waals surface area contributed by atoms with E-state index in [1.807, 2.05) is 13.8 Å². The fourth-order valence-electron chi connectivity index (χ4n) is 14.1. The molecule has 0 aromatic rings. The van der Waals surface area contributed by atoms with E-state index in [9.17, 15) is 19.5 Å². The molecule has 7 saturated heterocycles. The number of unbranched alkanes of at least 4 members (excludes halogenated alkanes) is 2. The number of β-amino-alcohol motifs (C(OH)–C–C–N with tert-alkyl or cyclic N) is 1. The predicted octanol–water partition coefficient (Wildman–Crippen LogP) is 14.9. The lowest BCUT2D eigenvalue weighted by molar-refractivity contribution is -0.145. The van der Waals surface area contributed by atoms with Crippen LogP contribution in [0.4, 0.5) is 0 Å². The highest BCUT2D eigenvalue weighted by atomic mass is 16.5. The molecule has 0 aromatic heterocycles. The molecule has 0 bridgehead atoms. The van der Waals surface area contributed by atoms with Gasteiger partial charge < -0.3 is 63.3 Å². The van der Waals surface area contributed by atoms with E-state index in [-0.39, 0.29) is 12.1 Å². The first-order valence-electron chi connectivity index (χ1n) is 41.6. The van der Waals surface area contributed by atoms with Crippen molar-refractivity contribution < 1.29 is 38.4 Å². The monoisotopic (exact) mass is 1380 g/mol. The standard InChI is InChI=1S/C15H29NO2.C13H25NO2.C12H25NO.C12H23NO.2C10H21NO.C9H20N2/c1-3-5-6-15(18)11-13-7-9-16(10-8-13)12-14(17)4-2;1-3-7-14-8-5-12(6-9-14)11-13(15)16-10-4-2;1-3-10-14-11-7-12-5-8-13(4-2)9-6-12;1-3-5-6-12(14)11-7-9-13(4-2)10-8-11;1-3-9-12-10-5-7-11(4-2)8-6-10;1-3-8-12-10-6-5-7-11(4-2)9-10;1-3-5-11-8-6-10(4-2)7-9-11/h13-14,17H,3-12H2,1-2H3;12H,3-11H2,1-2H3;12H,3-11H2,1-2H3;11H,3-10H2,1-2H3;2*10H,3-9H2,1-2H3;3-9H2,1-2H3. The maximum atomic E-state index is 11.7. The maximum absolute atomic E-state index is 11.7. The zero-order valence-electron chi connectivity index (χ0n) is 66.7. The van der Waals surface area contributed by atoms with Crippen LogP contribution in [-0.2, 0) is 33.3 Å². The van der Waals surface area contributed by atoms with Crippen molar-refractivity contribution in [2.75, 3.05) is 190 Å². The molecular weight excluding hydrogens is 1210 g/mol. The minimum Gasteiger partial charge on any atom is -0.466 e. The molecule has 0 radical (unpaired) electrons. The Labute approximate surface area is 601 Å². The second-order valence-electron chi connectivity index (χ2n) is 29.2. The van der Waals surface area contributed by atoms with Gasteiger partial charge in [0.15, 0.2) is 0 Å². The zero-order chi connectivity index (χ0) is 71.5. The topological polar surface area (TPSA) is 134 Å². The summed E-state index contributed by atoms with van der Waals surface area (Å²) in [5.41, 5.74) is 0. The number of carbonyl (C=O) groups excluding carboxylic acids is 3. The minimum atomic E-state index is -0.187. The van der Waals surface area contributed by atoms with Crippen molar-refractivity contribution in [2.45, 2.75) is 295 Å². The summed E-state index contributed by atoms with van der Waals surface area (Å²) in [6.07, 6.45) is 31.7.